The van der Waals surface area contributed by atoms with E-state index in [-0.39, 0.29) is 0 Å². The molecule has 0 bridgehead atoms. The predicted octanol–water partition coefficient (Wildman–Crippen LogP) is 5.47. The summed E-state index contributed by atoms with van der Waals surface area (Å²) in [7, 11) is 0. The van der Waals surface area contributed by atoms with Crippen molar-refractivity contribution in [2.24, 2.45) is 10.1 Å². The van der Waals surface area contributed by atoms with Gasteiger partial charge in [0.1, 0.15) is 12.3 Å². The standard InChI is InChI=1S/C23H30N4O/c1-7-21(19(6)24-16(2)3)27-28-13-9-11-20-10-8-12-22(26-20)23-15-17(4)14-18(5)25-23/h8,10,12,14-15H,6-7,9,11,13H2,1-5H3. The summed E-state index contributed by atoms with van der Waals surface area (Å²) < 4.78 is 0. The number of aryl methyl sites for hydroxylation is 3. The summed E-state index contributed by atoms with van der Waals surface area (Å²) in [5, 5.41) is 4.19. The molecule has 2 aromatic heterocycles. The largest absolute Gasteiger partial charge is 0.396 e. The summed E-state index contributed by atoms with van der Waals surface area (Å²) in [6.45, 7) is 14.5. The summed E-state index contributed by atoms with van der Waals surface area (Å²) in [4.78, 5) is 19.2. The first-order chi connectivity index (χ1) is 13.4. The fraction of sp³-hybridized carbons (Fsp3) is 0.391. The molecule has 0 spiro atoms. The fourth-order valence-electron chi connectivity index (χ4n) is 2.83. The van der Waals surface area contributed by atoms with Crippen LogP contribution >= 0.6 is 0 Å². The van der Waals surface area contributed by atoms with Crippen molar-refractivity contribution in [1.82, 2.24) is 9.97 Å². The first kappa shape index (κ1) is 21.5. The van der Waals surface area contributed by atoms with Crippen LogP contribution in [0.1, 0.15) is 50.6 Å². The van der Waals surface area contributed by atoms with Crippen LogP contribution in [-0.4, -0.2) is 28.0 Å². The van der Waals surface area contributed by atoms with E-state index in [0.717, 1.165) is 53.5 Å². The first-order valence-electron chi connectivity index (χ1n) is 9.70. The lowest BCUT2D eigenvalue weighted by atomic mass is 10.1. The molecule has 0 atom stereocenters. The van der Waals surface area contributed by atoms with Crippen LogP contribution in [0.2, 0.25) is 0 Å². The van der Waals surface area contributed by atoms with Crippen molar-refractivity contribution in [3.8, 4) is 11.4 Å². The Balaban J connectivity index is 1.92. The molecule has 148 valence electrons. The molecule has 5 heteroatoms. The van der Waals surface area contributed by atoms with Crippen LogP contribution in [0.3, 0.4) is 0 Å². The number of rotatable bonds is 9. The van der Waals surface area contributed by atoms with Gasteiger partial charge in [0.25, 0.3) is 0 Å². The average molecular weight is 379 g/mol. The lowest BCUT2D eigenvalue weighted by molar-refractivity contribution is 0.141. The van der Waals surface area contributed by atoms with Crippen molar-refractivity contribution < 1.29 is 4.84 Å². The van der Waals surface area contributed by atoms with Crippen molar-refractivity contribution in [3.05, 3.63) is 59.6 Å². The van der Waals surface area contributed by atoms with Crippen LogP contribution in [0.4, 0.5) is 0 Å². The topological polar surface area (TPSA) is 59.7 Å². The molecule has 28 heavy (non-hydrogen) atoms. The summed E-state index contributed by atoms with van der Waals surface area (Å²) in [6, 6.07) is 10.2. The van der Waals surface area contributed by atoms with Gasteiger partial charge in [0.2, 0.25) is 0 Å². The smallest absolute Gasteiger partial charge is 0.117 e. The van der Waals surface area contributed by atoms with Crippen LogP contribution in [0.25, 0.3) is 11.4 Å². The summed E-state index contributed by atoms with van der Waals surface area (Å²) in [5.41, 5.74) is 7.44. The van der Waals surface area contributed by atoms with Gasteiger partial charge in [-0.15, -0.1) is 0 Å². The molecule has 0 N–H and O–H groups in total. The molecule has 0 saturated heterocycles. The third kappa shape index (κ3) is 6.72. The third-order valence-electron chi connectivity index (χ3n) is 4.04. The van der Waals surface area contributed by atoms with Gasteiger partial charge in [-0.1, -0.05) is 24.7 Å². The number of aromatic nitrogens is 2. The molecule has 0 aliphatic rings. The molecule has 0 aliphatic heterocycles. The average Bonchev–Trinajstić information content (AvgIpc) is 2.63. The quantitative estimate of drug-likeness (QED) is 0.330. The second-order valence-electron chi connectivity index (χ2n) is 7.02. The molecule has 0 aliphatic carbocycles. The Hall–Kier alpha value is -2.82. The van der Waals surface area contributed by atoms with Gasteiger partial charge in [-0.25, -0.2) is 0 Å². The highest BCUT2D eigenvalue weighted by molar-refractivity contribution is 6.01. The maximum absolute atomic E-state index is 5.48. The highest BCUT2D eigenvalue weighted by atomic mass is 16.6. The molecule has 2 heterocycles. The third-order valence-corrected chi connectivity index (χ3v) is 4.04. The van der Waals surface area contributed by atoms with E-state index in [1.165, 1.54) is 5.56 Å². The molecule has 0 saturated carbocycles. The van der Waals surface area contributed by atoms with E-state index in [4.69, 9.17) is 9.82 Å². The Morgan fingerprint density at radius 2 is 1.89 bits per heavy atom. The van der Waals surface area contributed by atoms with Crippen molar-refractivity contribution in [2.45, 2.75) is 53.9 Å². The van der Waals surface area contributed by atoms with E-state index < -0.39 is 0 Å². The van der Waals surface area contributed by atoms with E-state index in [1.54, 1.807) is 0 Å². The zero-order valence-corrected chi connectivity index (χ0v) is 17.6. The van der Waals surface area contributed by atoms with Crippen molar-refractivity contribution in [1.29, 1.82) is 0 Å². The minimum absolute atomic E-state index is 0.527. The second kappa shape index (κ2) is 10.5. The Morgan fingerprint density at radius 3 is 2.57 bits per heavy atom. The maximum atomic E-state index is 5.48. The lowest BCUT2D eigenvalue weighted by Crippen LogP contribution is -2.03. The predicted molar refractivity (Wildman–Crippen MR) is 117 cm³/mol. The van der Waals surface area contributed by atoms with Gasteiger partial charge in [-0.2, -0.15) is 0 Å². The molecular formula is C23H30N4O. The number of pyridine rings is 2. The second-order valence-corrected chi connectivity index (χ2v) is 7.02. The van der Waals surface area contributed by atoms with E-state index in [0.29, 0.717) is 12.3 Å². The van der Waals surface area contributed by atoms with Crippen LogP contribution in [0, 0.1) is 13.8 Å². The molecule has 2 aromatic rings. The monoisotopic (exact) mass is 378 g/mol. The van der Waals surface area contributed by atoms with Gasteiger partial charge >= 0.3 is 0 Å². The van der Waals surface area contributed by atoms with Gasteiger partial charge in [-0.05, 0) is 76.8 Å². The molecular weight excluding hydrogens is 348 g/mol. The van der Waals surface area contributed by atoms with Gasteiger partial charge < -0.3 is 4.84 Å². The SMILES string of the molecule is C=C(N=C(C)C)C(CC)=NOCCCc1cccc(-c2cc(C)cc(C)n2)n1. The van der Waals surface area contributed by atoms with E-state index in [2.05, 4.69) is 40.8 Å². The van der Waals surface area contributed by atoms with Crippen molar-refractivity contribution in [2.75, 3.05) is 6.61 Å². The van der Waals surface area contributed by atoms with Gasteiger partial charge in [0.15, 0.2) is 0 Å². The Labute approximate surface area is 168 Å². The number of hydrogen-bond acceptors (Lipinski definition) is 5. The number of oxime groups is 1. The minimum atomic E-state index is 0.527. The number of hydrogen-bond donors (Lipinski definition) is 0. The lowest BCUT2D eigenvalue weighted by Gasteiger charge is -2.07. The highest BCUT2D eigenvalue weighted by Crippen LogP contribution is 2.17. The number of aliphatic imine (C=N–C) groups is 1. The van der Waals surface area contributed by atoms with Crippen LogP contribution in [0.5, 0.6) is 0 Å². The van der Waals surface area contributed by atoms with Crippen LogP contribution < -0.4 is 0 Å². The first-order valence-corrected chi connectivity index (χ1v) is 9.70. The fourth-order valence-corrected chi connectivity index (χ4v) is 2.83. The van der Waals surface area contributed by atoms with Crippen molar-refractivity contribution >= 4 is 11.4 Å². The molecule has 2 rings (SSSR count). The Morgan fingerprint density at radius 1 is 1.11 bits per heavy atom. The van der Waals surface area contributed by atoms with Crippen LogP contribution in [0.15, 0.2) is 52.8 Å². The molecule has 0 fully saturated rings. The Kier molecular flexibility index (Phi) is 8.05. The number of allylic oxidation sites excluding steroid dienone is 1. The molecule has 0 aromatic carbocycles. The van der Waals surface area contributed by atoms with Crippen molar-refractivity contribution in [3.63, 3.8) is 0 Å². The molecule has 5 nitrogen and oxygen atoms in total. The molecule has 0 unspecified atom stereocenters. The highest BCUT2D eigenvalue weighted by Gasteiger charge is 2.05. The van der Waals surface area contributed by atoms with E-state index in [1.807, 2.05) is 45.9 Å². The zero-order chi connectivity index (χ0) is 20.5. The van der Waals surface area contributed by atoms with E-state index >= 15 is 0 Å². The van der Waals surface area contributed by atoms with Gasteiger partial charge in [0.05, 0.1) is 17.1 Å². The molecule has 0 amide bonds. The summed E-state index contributed by atoms with van der Waals surface area (Å²) in [6.07, 6.45) is 2.39. The zero-order valence-electron chi connectivity index (χ0n) is 17.6. The molecule has 0 radical (unpaired) electrons. The minimum Gasteiger partial charge on any atom is -0.396 e. The normalized spacial score (nSPS) is 11.2. The van der Waals surface area contributed by atoms with Gasteiger partial charge in [0, 0.05) is 17.1 Å². The van der Waals surface area contributed by atoms with E-state index in [9.17, 15) is 0 Å². The Bertz CT molecular complexity index is 860. The maximum Gasteiger partial charge on any atom is 0.117 e. The van der Waals surface area contributed by atoms with Gasteiger partial charge in [-0.3, -0.25) is 15.0 Å². The number of nitrogens with zero attached hydrogens (tertiary/aromatic N) is 4. The summed E-state index contributed by atoms with van der Waals surface area (Å²) in [5.74, 6) is 0. The van der Waals surface area contributed by atoms with Crippen LogP contribution in [-0.2, 0) is 11.3 Å². The summed E-state index contributed by atoms with van der Waals surface area (Å²) >= 11 is 0.